The lowest BCUT2D eigenvalue weighted by molar-refractivity contribution is -0.140. The molecule has 0 amide bonds. The van der Waals surface area contributed by atoms with Crippen molar-refractivity contribution in [1.82, 2.24) is 0 Å². The molecule has 0 unspecified atom stereocenters. The summed E-state index contributed by atoms with van der Waals surface area (Å²) in [6.45, 7) is 12.1. The van der Waals surface area contributed by atoms with E-state index in [1.165, 1.54) is 19.8 Å². The van der Waals surface area contributed by atoms with Crippen molar-refractivity contribution in [1.29, 1.82) is 0 Å². The van der Waals surface area contributed by atoms with Crippen molar-refractivity contribution >= 4 is 13.1 Å². The fourth-order valence-corrected chi connectivity index (χ4v) is 2.20. The summed E-state index contributed by atoms with van der Waals surface area (Å²) in [6, 6.07) is 0. The quantitative estimate of drug-likeness (QED) is 0.290. The number of rotatable bonds is 8. The average Bonchev–Trinajstić information content (AvgIpc) is 2.64. The molecule has 130 valence electrons. The maximum Gasteiger partial charge on any atom is 0.490 e. The molecule has 0 spiro atoms. The van der Waals surface area contributed by atoms with Crippen LogP contribution in [0.15, 0.2) is 23.7 Å². The molecule has 0 saturated carbocycles. The Morgan fingerprint density at radius 1 is 1.17 bits per heavy atom. The van der Waals surface area contributed by atoms with Crippen molar-refractivity contribution in [3.05, 3.63) is 23.7 Å². The number of allylic oxidation sites excluding steroid dienone is 3. The van der Waals surface area contributed by atoms with Gasteiger partial charge in [-0.3, -0.25) is 4.79 Å². The first-order chi connectivity index (χ1) is 10.7. The fourth-order valence-electron chi connectivity index (χ4n) is 2.20. The van der Waals surface area contributed by atoms with Crippen LogP contribution >= 0.6 is 0 Å². The number of esters is 1. The standard InChI is InChI=1S/C18H31BO4/c1-7-8-9-10-11-12-16(13-14-21-15(2)20)19-22-17(3,4)18(5,6)23-19/h10-12H,7-9,13-14H2,1-6H3/b11-10+,16-12+. The highest BCUT2D eigenvalue weighted by Crippen LogP contribution is 2.39. The second kappa shape index (κ2) is 8.69. The number of hydrogen-bond acceptors (Lipinski definition) is 4. The van der Waals surface area contributed by atoms with Crippen molar-refractivity contribution in [3.63, 3.8) is 0 Å². The highest BCUT2D eigenvalue weighted by Gasteiger charge is 2.52. The van der Waals surface area contributed by atoms with E-state index in [0.29, 0.717) is 13.0 Å². The van der Waals surface area contributed by atoms with Gasteiger partial charge in [-0.2, -0.15) is 0 Å². The van der Waals surface area contributed by atoms with Gasteiger partial charge >= 0.3 is 13.1 Å². The number of carbonyl (C=O) groups excluding carboxylic acids is 1. The van der Waals surface area contributed by atoms with E-state index in [2.05, 4.69) is 13.0 Å². The minimum Gasteiger partial charge on any atom is -0.466 e. The molecule has 5 heteroatoms. The van der Waals surface area contributed by atoms with Crippen LogP contribution in [-0.4, -0.2) is 30.9 Å². The zero-order valence-electron chi connectivity index (χ0n) is 15.5. The smallest absolute Gasteiger partial charge is 0.466 e. The summed E-state index contributed by atoms with van der Waals surface area (Å²) < 4.78 is 17.3. The molecule has 0 aromatic heterocycles. The molecule has 0 atom stereocenters. The Kier molecular flexibility index (Phi) is 7.55. The molecular weight excluding hydrogens is 291 g/mol. The van der Waals surface area contributed by atoms with Crippen LogP contribution in [0.2, 0.25) is 0 Å². The summed E-state index contributed by atoms with van der Waals surface area (Å²) in [4.78, 5) is 11.0. The maximum atomic E-state index is 11.0. The molecule has 1 heterocycles. The van der Waals surface area contributed by atoms with Gasteiger partial charge in [0.05, 0.1) is 17.8 Å². The normalized spacial score (nSPS) is 20.3. The van der Waals surface area contributed by atoms with Crippen LogP contribution in [0.4, 0.5) is 0 Å². The Hall–Kier alpha value is -1.07. The van der Waals surface area contributed by atoms with Gasteiger partial charge in [-0.25, -0.2) is 0 Å². The molecule has 1 aliphatic rings. The summed E-state index contributed by atoms with van der Waals surface area (Å²) in [5.41, 5.74) is 0.256. The van der Waals surface area contributed by atoms with Crippen molar-refractivity contribution in [2.45, 2.75) is 78.4 Å². The van der Waals surface area contributed by atoms with Crippen LogP contribution in [-0.2, 0) is 18.8 Å². The van der Waals surface area contributed by atoms with Gasteiger partial charge in [-0.15, -0.1) is 0 Å². The van der Waals surface area contributed by atoms with Crippen LogP contribution in [0.1, 0.15) is 67.2 Å². The lowest BCUT2D eigenvalue weighted by Gasteiger charge is -2.32. The van der Waals surface area contributed by atoms with E-state index in [1.807, 2.05) is 39.8 Å². The molecule has 0 aromatic carbocycles. The third kappa shape index (κ3) is 6.15. The average molecular weight is 322 g/mol. The molecule has 0 radical (unpaired) electrons. The van der Waals surface area contributed by atoms with Gasteiger partial charge in [0.25, 0.3) is 0 Å². The second-order valence-corrected chi connectivity index (χ2v) is 6.99. The summed E-state index contributed by atoms with van der Waals surface area (Å²) in [7, 11) is -0.397. The summed E-state index contributed by atoms with van der Waals surface area (Å²) >= 11 is 0. The van der Waals surface area contributed by atoms with E-state index >= 15 is 0 Å². The predicted molar refractivity (Wildman–Crippen MR) is 94.1 cm³/mol. The number of ether oxygens (including phenoxy) is 1. The van der Waals surface area contributed by atoms with Crippen LogP contribution in [0.5, 0.6) is 0 Å². The zero-order chi connectivity index (χ0) is 17.5. The molecule has 0 N–H and O–H groups in total. The van der Waals surface area contributed by atoms with Crippen LogP contribution in [0.3, 0.4) is 0 Å². The van der Waals surface area contributed by atoms with Crippen LogP contribution in [0.25, 0.3) is 0 Å². The van der Waals surface area contributed by atoms with Crippen molar-refractivity contribution in [2.75, 3.05) is 6.61 Å². The van der Waals surface area contributed by atoms with E-state index in [-0.39, 0.29) is 17.2 Å². The molecule has 0 aliphatic carbocycles. The van der Waals surface area contributed by atoms with E-state index in [0.717, 1.165) is 11.9 Å². The molecule has 1 rings (SSSR count). The van der Waals surface area contributed by atoms with Gasteiger partial charge < -0.3 is 14.0 Å². The van der Waals surface area contributed by atoms with Crippen molar-refractivity contribution in [3.8, 4) is 0 Å². The Labute approximate surface area is 141 Å². The minimum absolute atomic E-state index is 0.267. The fraction of sp³-hybridized carbons (Fsp3) is 0.722. The van der Waals surface area contributed by atoms with Gasteiger partial charge in [0.15, 0.2) is 0 Å². The molecule has 23 heavy (non-hydrogen) atoms. The van der Waals surface area contributed by atoms with Gasteiger partial charge in [0.2, 0.25) is 0 Å². The van der Waals surface area contributed by atoms with Crippen molar-refractivity contribution in [2.24, 2.45) is 0 Å². The number of carbonyl (C=O) groups is 1. The van der Waals surface area contributed by atoms with Gasteiger partial charge in [-0.1, -0.05) is 38.0 Å². The predicted octanol–water partition coefficient (Wildman–Crippen LogP) is 4.24. The highest BCUT2D eigenvalue weighted by molar-refractivity contribution is 6.54. The summed E-state index contributed by atoms with van der Waals surface area (Å²) in [5, 5.41) is 0. The number of unbranched alkanes of at least 4 members (excludes halogenated alkanes) is 2. The second-order valence-electron chi connectivity index (χ2n) is 6.99. The topological polar surface area (TPSA) is 44.8 Å². The zero-order valence-corrected chi connectivity index (χ0v) is 15.5. The Morgan fingerprint density at radius 2 is 1.78 bits per heavy atom. The maximum absolute atomic E-state index is 11.0. The Balaban J connectivity index is 2.77. The van der Waals surface area contributed by atoms with Gasteiger partial charge in [0.1, 0.15) is 0 Å². The molecule has 1 fully saturated rings. The van der Waals surface area contributed by atoms with E-state index < -0.39 is 7.12 Å². The summed E-state index contributed by atoms with van der Waals surface area (Å²) in [6.07, 6.45) is 10.3. The Bertz CT molecular complexity index is 436. The van der Waals surface area contributed by atoms with E-state index in [9.17, 15) is 4.79 Å². The first-order valence-electron chi connectivity index (χ1n) is 8.54. The molecule has 1 aliphatic heterocycles. The molecular formula is C18H31BO4. The first kappa shape index (κ1) is 20.0. The first-order valence-corrected chi connectivity index (χ1v) is 8.54. The van der Waals surface area contributed by atoms with Crippen LogP contribution in [0, 0.1) is 0 Å². The largest absolute Gasteiger partial charge is 0.490 e. The molecule has 0 bridgehead atoms. The molecule has 1 saturated heterocycles. The van der Waals surface area contributed by atoms with E-state index in [4.69, 9.17) is 14.0 Å². The van der Waals surface area contributed by atoms with Gasteiger partial charge in [0, 0.05) is 6.92 Å². The van der Waals surface area contributed by atoms with Crippen molar-refractivity contribution < 1.29 is 18.8 Å². The number of hydrogen-bond donors (Lipinski definition) is 0. The lowest BCUT2D eigenvalue weighted by atomic mass is 9.76. The van der Waals surface area contributed by atoms with Gasteiger partial charge in [-0.05, 0) is 46.0 Å². The van der Waals surface area contributed by atoms with Crippen LogP contribution < -0.4 is 0 Å². The summed E-state index contributed by atoms with van der Waals surface area (Å²) in [5.74, 6) is -0.267. The minimum atomic E-state index is -0.397. The van der Waals surface area contributed by atoms with E-state index in [1.54, 1.807) is 0 Å². The Morgan fingerprint density at radius 3 is 2.30 bits per heavy atom. The highest BCUT2D eigenvalue weighted by atomic mass is 16.7. The molecule has 0 aromatic rings. The lowest BCUT2D eigenvalue weighted by Crippen LogP contribution is -2.41. The molecule has 4 nitrogen and oxygen atoms in total. The SMILES string of the molecule is CCCC/C=C/C=C(\CCOC(C)=O)B1OC(C)(C)C(C)(C)O1. The monoisotopic (exact) mass is 322 g/mol. The third-order valence-corrected chi connectivity index (χ3v) is 4.42. The third-order valence-electron chi connectivity index (χ3n) is 4.42.